The minimum Gasteiger partial charge on any atom is -0.411 e. The predicted molar refractivity (Wildman–Crippen MR) is 29.3 cm³/mol. The molecule has 0 aliphatic carbocycles. The molecule has 0 atom stereocenters. The van der Waals surface area contributed by atoms with Crippen molar-refractivity contribution in [3.8, 4) is 0 Å². The monoisotopic (exact) mass is 118 g/mol. The first-order valence-corrected chi connectivity index (χ1v) is 2.35. The molecule has 0 spiro atoms. The van der Waals surface area contributed by atoms with Crippen molar-refractivity contribution >= 4 is 5.71 Å². The molecule has 48 valence electrons. The zero-order valence-electron chi connectivity index (χ0n) is 4.76. The molecule has 4 nitrogen and oxygen atoms in total. The lowest BCUT2D eigenvalue weighted by atomic mass is 10.3. The molecule has 0 aromatic carbocycles. The van der Waals surface area contributed by atoms with Gasteiger partial charge < -0.3 is 10.4 Å². The number of hydroxylamine groups is 1. The van der Waals surface area contributed by atoms with Gasteiger partial charge in [0, 0.05) is 13.0 Å². The molecule has 3 N–H and O–H groups in total. The Morgan fingerprint density at radius 1 is 1.75 bits per heavy atom. The molecule has 0 aliphatic rings. The van der Waals surface area contributed by atoms with Crippen LogP contribution in [0.3, 0.4) is 0 Å². The van der Waals surface area contributed by atoms with E-state index in [4.69, 9.17) is 10.4 Å². The Labute approximate surface area is 47.8 Å². The Balaban J connectivity index is 3.12. The lowest BCUT2D eigenvalue weighted by Gasteiger charge is -1.93. The van der Waals surface area contributed by atoms with Crippen molar-refractivity contribution in [1.82, 2.24) is 5.48 Å². The molecule has 0 radical (unpaired) electrons. The molecule has 0 aromatic heterocycles. The van der Waals surface area contributed by atoms with E-state index < -0.39 is 0 Å². The van der Waals surface area contributed by atoms with Crippen molar-refractivity contribution in [3.05, 3.63) is 0 Å². The standard InChI is InChI=1S/C4H10N2O2/c1-4(6-8)2-3-5-7/h5,7-8H,2-3H2,1H3/b6-4-. The van der Waals surface area contributed by atoms with E-state index in [1.807, 2.05) is 5.48 Å². The molecule has 0 bridgehead atoms. The zero-order chi connectivity index (χ0) is 6.41. The van der Waals surface area contributed by atoms with Crippen molar-refractivity contribution < 1.29 is 10.4 Å². The average Bonchev–Trinajstić information content (AvgIpc) is 1.83. The van der Waals surface area contributed by atoms with Crippen LogP contribution in [0.5, 0.6) is 0 Å². The summed E-state index contributed by atoms with van der Waals surface area (Å²) in [4.78, 5) is 0. The third-order valence-electron chi connectivity index (χ3n) is 0.769. The van der Waals surface area contributed by atoms with Gasteiger partial charge in [-0.05, 0) is 6.92 Å². The third-order valence-corrected chi connectivity index (χ3v) is 0.769. The van der Waals surface area contributed by atoms with E-state index in [1.165, 1.54) is 0 Å². The van der Waals surface area contributed by atoms with Gasteiger partial charge in [0.15, 0.2) is 0 Å². The molecule has 8 heavy (non-hydrogen) atoms. The number of nitrogens with zero attached hydrogens (tertiary/aromatic N) is 1. The highest BCUT2D eigenvalue weighted by Crippen LogP contribution is 1.80. The van der Waals surface area contributed by atoms with Crippen LogP contribution in [0.15, 0.2) is 5.16 Å². The molecule has 0 aromatic rings. The van der Waals surface area contributed by atoms with Crippen molar-refractivity contribution in [3.63, 3.8) is 0 Å². The quantitative estimate of drug-likeness (QED) is 0.282. The molecule has 0 heterocycles. The van der Waals surface area contributed by atoms with Crippen molar-refractivity contribution in [2.45, 2.75) is 13.3 Å². The molecule has 0 saturated heterocycles. The van der Waals surface area contributed by atoms with Crippen LogP contribution in [-0.2, 0) is 0 Å². The molecule has 0 rings (SSSR count). The summed E-state index contributed by atoms with van der Waals surface area (Å²) >= 11 is 0. The lowest BCUT2D eigenvalue weighted by Crippen LogP contribution is -2.11. The summed E-state index contributed by atoms with van der Waals surface area (Å²) in [6, 6.07) is 0. The first-order valence-electron chi connectivity index (χ1n) is 2.35. The fourth-order valence-corrected chi connectivity index (χ4v) is 0.287. The predicted octanol–water partition coefficient (Wildman–Crippen LogP) is 0.205. The molecule has 0 fully saturated rings. The maximum Gasteiger partial charge on any atom is 0.0553 e. The van der Waals surface area contributed by atoms with Crippen molar-refractivity contribution in [2.24, 2.45) is 5.16 Å². The van der Waals surface area contributed by atoms with Gasteiger partial charge in [-0.1, -0.05) is 5.16 Å². The molecule has 0 saturated carbocycles. The van der Waals surface area contributed by atoms with Crippen LogP contribution >= 0.6 is 0 Å². The fraction of sp³-hybridized carbons (Fsp3) is 0.750. The summed E-state index contributed by atoms with van der Waals surface area (Å²) in [6.07, 6.45) is 0.562. The molecular weight excluding hydrogens is 108 g/mol. The van der Waals surface area contributed by atoms with Gasteiger partial charge in [0.2, 0.25) is 0 Å². The lowest BCUT2D eigenvalue weighted by molar-refractivity contribution is 0.170. The van der Waals surface area contributed by atoms with Gasteiger partial charge in [-0.25, -0.2) is 5.48 Å². The Hall–Kier alpha value is -0.610. The number of hydrogen-bond donors (Lipinski definition) is 3. The number of hydrogen-bond acceptors (Lipinski definition) is 4. The third kappa shape index (κ3) is 3.58. The summed E-state index contributed by atoms with van der Waals surface area (Å²) in [5.74, 6) is 0. The van der Waals surface area contributed by atoms with Crippen LogP contribution in [-0.4, -0.2) is 22.7 Å². The van der Waals surface area contributed by atoms with Crippen LogP contribution in [0.25, 0.3) is 0 Å². The van der Waals surface area contributed by atoms with E-state index in [9.17, 15) is 0 Å². The highest BCUT2D eigenvalue weighted by atomic mass is 16.5. The molecule has 0 unspecified atom stereocenters. The van der Waals surface area contributed by atoms with Crippen molar-refractivity contribution in [1.29, 1.82) is 0 Å². The van der Waals surface area contributed by atoms with E-state index in [2.05, 4.69) is 5.16 Å². The summed E-state index contributed by atoms with van der Waals surface area (Å²) in [6.45, 7) is 2.10. The summed E-state index contributed by atoms with van der Waals surface area (Å²) in [5.41, 5.74) is 2.54. The molecular formula is C4H10N2O2. The number of nitrogens with one attached hydrogen (secondary N) is 1. The van der Waals surface area contributed by atoms with Gasteiger partial charge in [-0.2, -0.15) is 0 Å². The van der Waals surface area contributed by atoms with Crippen LogP contribution in [0.2, 0.25) is 0 Å². The van der Waals surface area contributed by atoms with E-state index in [0.29, 0.717) is 18.7 Å². The van der Waals surface area contributed by atoms with E-state index in [1.54, 1.807) is 6.92 Å². The smallest absolute Gasteiger partial charge is 0.0553 e. The maximum atomic E-state index is 8.04. The fourth-order valence-electron chi connectivity index (χ4n) is 0.287. The zero-order valence-corrected chi connectivity index (χ0v) is 4.76. The Morgan fingerprint density at radius 2 is 2.38 bits per heavy atom. The van der Waals surface area contributed by atoms with Crippen LogP contribution in [0.1, 0.15) is 13.3 Å². The SMILES string of the molecule is C/C(CCNO)=N/O. The summed E-state index contributed by atoms with van der Waals surface area (Å²) < 4.78 is 0. The van der Waals surface area contributed by atoms with Gasteiger partial charge in [-0.15, -0.1) is 0 Å². The van der Waals surface area contributed by atoms with E-state index in [-0.39, 0.29) is 0 Å². The normalized spacial score (nSPS) is 12.0. The maximum absolute atomic E-state index is 8.04. The first kappa shape index (κ1) is 7.39. The second kappa shape index (κ2) is 4.55. The Kier molecular flexibility index (Phi) is 4.20. The highest BCUT2D eigenvalue weighted by Gasteiger charge is 1.87. The van der Waals surface area contributed by atoms with Gasteiger partial charge >= 0.3 is 0 Å². The van der Waals surface area contributed by atoms with Crippen molar-refractivity contribution in [2.75, 3.05) is 6.54 Å². The Morgan fingerprint density at radius 3 is 2.75 bits per heavy atom. The summed E-state index contributed by atoms with van der Waals surface area (Å²) in [7, 11) is 0. The topological polar surface area (TPSA) is 64.8 Å². The molecule has 4 heteroatoms. The minimum absolute atomic E-state index is 0.426. The number of rotatable bonds is 3. The first-order chi connectivity index (χ1) is 3.81. The minimum atomic E-state index is 0.426. The molecule has 0 aliphatic heterocycles. The molecule has 0 amide bonds. The summed E-state index contributed by atoms with van der Waals surface area (Å²) in [5, 5.41) is 19.0. The number of oxime groups is 1. The highest BCUT2D eigenvalue weighted by molar-refractivity contribution is 5.81. The second-order valence-electron chi connectivity index (χ2n) is 1.49. The van der Waals surface area contributed by atoms with Crippen LogP contribution in [0, 0.1) is 0 Å². The van der Waals surface area contributed by atoms with Crippen LogP contribution < -0.4 is 5.48 Å². The van der Waals surface area contributed by atoms with Gasteiger partial charge in [0.05, 0.1) is 5.71 Å². The van der Waals surface area contributed by atoms with E-state index in [0.717, 1.165) is 0 Å². The van der Waals surface area contributed by atoms with Gasteiger partial charge in [0.1, 0.15) is 0 Å². The average molecular weight is 118 g/mol. The largest absolute Gasteiger partial charge is 0.411 e. The van der Waals surface area contributed by atoms with Crippen LogP contribution in [0.4, 0.5) is 0 Å². The van der Waals surface area contributed by atoms with E-state index >= 15 is 0 Å². The second-order valence-corrected chi connectivity index (χ2v) is 1.49. The van der Waals surface area contributed by atoms with Gasteiger partial charge in [-0.3, -0.25) is 0 Å². The van der Waals surface area contributed by atoms with Gasteiger partial charge in [0.25, 0.3) is 0 Å². The Bertz CT molecular complexity index is 82.1.